The molecule has 34 heavy (non-hydrogen) atoms. The molecule has 0 aromatic heterocycles. The van der Waals surface area contributed by atoms with E-state index in [1.54, 1.807) is 19.1 Å². The Kier molecular flexibility index (Phi) is 9.02. The van der Waals surface area contributed by atoms with Crippen molar-refractivity contribution in [2.24, 2.45) is 0 Å². The Labute approximate surface area is 202 Å². The van der Waals surface area contributed by atoms with Crippen molar-refractivity contribution in [2.75, 3.05) is 47.1 Å². The van der Waals surface area contributed by atoms with E-state index in [1.165, 1.54) is 0 Å². The van der Waals surface area contributed by atoms with Crippen LogP contribution in [0, 0.1) is 0 Å². The molecule has 1 saturated heterocycles. The van der Waals surface area contributed by atoms with Crippen molar-refractivity contribution in [3.8, 4) is 11.5 Å². The van der Waals surface area contributed by atoms with E-state index in [0.717, 1.165) is 24.8 Å². The van der Waals surface area contributed by atoms with Crippen LogP contribution in [-0.4, -0.2) is 86.7 Å². The fraction of sp³-hybridized carbons (Fsp3) is 0.680. The molecule has 1 aliphatic heterocycles. The van der Waals surface area contributed by atoms with E-state index in [9.17, 15) is 9.59 Å². The number of amides is 2. The summed E-state index contributed by atoms with van der Waals surface area (Å²) in [5.74, 6) is 1.26. The molecule has 2 amide bonds. The molecule has 2 fully saturated rings. The largest absolute Gasteiger partial charge is 0.497 e. The Morgan fingerprint density at radius 3 is 2.50 bits per heavy atom. The lowest BCUT2D eigenvalue weighted by molar-refractivity contribution is -0.150. The van der Waals surface area contributed by atoms with Crippen molar-refractivity contribution in [3.63, 3.8) is 0 Å². The van der Waals surface area contributed by atoms with Crippen molar-refractivity contribution < 1.29 is 33.3 Å². The van der Waals surface area contributed by atoms with Crippen LogP contribution in [0.3, 0.4) is 0 Å². The van der Waals surface area contributed by atoms with Crippen LogP contribution in [0.1, 0.15) is 45.6 Å². The summed E-state index contributed by atoms with van der Waals surface area (Å²) in [5.41, 5.74) is 0.325. The van der Waals surface area contributed by atoms with Crippen LogP contribution in [-0.2, 0) is 25.5 Å². The molecule has 3 rings (SSSR count). The summed E-state index contributed by atoms with van der Waals surface area (Å²) in [6.45, 7) is 7.94. The molecule has 1 aromatic carbocycles. The third-order valence-electron chi connectivity index (χ3n) is 5.55. The maximum Gasteiger partial charge on any atom is 0.410 e. The Morgan fingerprint density at radius 1 is 1.12 bits per heavy atom. The SMILES string of the molecule is COCCCOc1cc(CN(C(=O)[C@H]2CN(C(=O)OC(C)(C)C)CCO2)C2CC2)cc(OC)c1. The summed E-state index contributed by atoms with van der Waals surface area (Å²) in [6.07, 6.45) is 1.56. The molecule has 190 valence electrons. The number of nitrogens with zero attached hydrogens (tertiary/aromatic N) is 2. The zero-order valence-electron chi connectivity index (χ0n) is 21.0. The Balaban J connectivity index is 1.68. The number of carbonyl (C=O) groups is 2. The molecule has 9 nitrogen and oxygen atoms in total. The zero-order valence-corrected chi connectivity index (χ0v) is 21.0. The topological polar surface area (TPSA) is 86.8 Å². The molecule has 1 atom stereocenters. The summed E-state index contributed by atoms with van der Waals surface area (Å²) in [6, 6.07) is 5.86. The van der Waals surface area contributed by atoms with Crippen LogP contribution in [0.4, 0.5) is 4.79 Å². The predicted molar refractivity (Wildman–Crippen MR) is 126 cm³/mol. The van der Waals surface area contributed by atoms with Crippen molar-refractivity contribution in [3.05, 3.63) is 23.8 Å². The standard InChI is InChI=1S/C25H38N2O7/c1-25(2,3)34-24(29)26-9-12-33-22(17-26)23(28)27(19-7-8-19)16-18-13-20(31-5)15-21(14-18)32-11-6-10-30-4/h13-15,19,22H,6-12,16-17H2,1-5H3/t22-/m1/s1. The van der Waals surface area contributed by atoms with Crippen molar-refractivity contribution in [1.82, 2.24) is 9.80 Å². The van der Waals surface area contributed by atoms with Gasteiger partial charge in [0.2, 0.25) is 0 Å². The summed E-state index contributed by atoms with van der Waals surface area (Å²) < 4.78 is 27.6. The Bertz CT molecular complexity index is 835. The first-order valence-electron chi connectivity index (χ1n) is 11.9. The summed E-state index contributed by atoms with van der Waals surface area (Å²) in [5, 5.41) is 0. The quantitative estimate of drug-likeness (QED) is 0.477. The summed E-state index contributed by atoms with van der Waals surface area (Å²) in [7, 11) is 3.27. The highest BCUT2D eigenvalue weighted by Crippen LogP contribution is 2.32. The van der Waals surface area contributed by atoms with E-state index in [1.807, 2.05) is 43.9 Å². The highest BCUT2D eigenvalue weighted by molar-refractivity contribution is 5.83. The van der Waals surface area contributed by atoms with Gasteiger partial charge in [0.1, 0.15) is 17.1 Å². The summed E-state index contributed by atoms with van der Waals surface area (Å²) in [4.78, 5) is 29.4. The second-order valence-electron chi connectivity index (χ2n) is 9.69. The van der Waals surface area contributed by atoms with Gasteiger partial charge in [-0.15, -0.1) is 0 Å². The van der Waals surface area contributed by atoms with Crippen LogP contribution in [0.5, 0.6) is 11.5 Å². The number of hydrogen-bond donors (Lipinski definition) is 0. The molecular formula is C25H38N2O7. The van der Waals surface area contributed by atoms with Gasteiger partial charge >= 0.3 is 6.09 Å². The number of ether oxygens (including phenoxy) is 5. The normalized spacial score (nSPS) is 18.4. The lowest BCUT2D eigenvalue weighted by Crippen LogP contribution is -2.53. The molecular weight excluding hydrogens is 440 g/mol. The first-order valence-corrected chi connectivity index (χ1v) is 11.9. The van der Waals surface area contributed by atoms with Crippen LogP contribution in [0.25, 0.3) is 0 Å². The average molecular weight is 479 g/mol. The molecule has 9 heteroatoms. The van der Waals surface area contributed by atoms with E-state index < -0.39 is 17.8 Å². The monoisotopic (exact) mass is 478 g/mol. The molecule has 0 radical (unpaired) electrons. The predicted octanol–water partition coefficient (Wildman–Crippen LogP) is 3.24. The van der Waals surface area contributed by atoms with Crippen LogP contribution >= 0.6 is 0 Å². The zero-order chi connectivity index (χ0) is 24.7. The number of hydrogen-bond acceptors (Lipinski definition) is 7. The van der Waals surface area contributed by atoms with Gasteiger partial charge in [0.15, 0.2) is 6.10 Å². The maximum absolute atomic E-state index is 13.5. The fourth-order valence-electron chi connectivity index (χ4n) is 3.76. The number of morpholine rings is 1. The minimum absolute atomic E-state index is 0.110. The van der Waals surface area contributed by atoms with E-state index in [0.29, 0.717) is 44.4 Å². The first kappa shape index (κ1) is 26.1. The van der Waals surface area contributed by atoms with Gasteiger partial charge < -0.3 is 33.5 Å². The van der Waals surface area contributed by atoms with Gasteiger partial charge in [-0.3, -0.25) is 4.79 Å². The van der Waals surface area contributed by atoms with E-state index in [2.05, 4.69) is 0 Å². The van der Waals surface area contributed by atoms with Crippen molar-refractivity contribution in [1.29, 1.82) is 0 Å². The highest BCUT2D eigenvalue weighted by atomic mass is 16.6. The van der Waals surface area contributed by atoms with Crippen molar-refractivity contribution >= 4 is 12.0 Å². The van der Waals surface area contributed by atoms with Gasteiger partial charge in [0, 0.05) is 45.3 Å². The lowest BCUT2D eigenvalue weighted by Gasteiger charge is -2.36. The third kappa shape index (κ3) is 7.77. The second-order valence-corrected chi connectivity index (χ2v) is 9.69. The second kappa shape index (κ2) is 11.8. The molecule has 1 aliphatic carbocycles. The van der Waals surface area contributed by atoms with Crippen LogP contribution < -0.4 is 9.47 Å². The number of benzene rings is 1. The maximum atomic E-state index is 13.5. The lowest BCUT2D eigenvalue weighted by atomic mass is 10.1. The van der Waals surface area contributed by atoms with Gasteiger partial charge in [-0.05, 0) is 51.3 Å². The molecule has 2 aliphatic rings. The molecule has 1 heterocycles. The van der Waals surface area contributed by atoms with Gasteiger partial charge in [0.05, 0.1) is 26.9 Å². The van der Waals surface area contributed by atoms with Gasteiger partial charge in [-0.25, -0.2) is 4.79 Å². The number of rotatable bonds is 10. The fourth-order valence-corrected chi connectivity index (χ4v) is 3.76. The van der Waals surface area contributed by atoms with Crippen molar-refractivity contribution in [2.45, 2.75) is 64.3 Å². The van der Waals surface area contributed by atoms with Crippen LogP contribution in [0.2, 0.25) is 0 Å². The smallest absolute Gasteiger partial charge is 0.410 e. The summed E-state index contributed by atoms with van der Waals surface area (Å²) >= 11 is 0. The van der Waals surface area contributed by atoms with Gasteiger partial charge in [-0.1, -0.05) is 0 Å². The molecule has 0 bridgehead atoms. The van der Waals surface area contributed by atoms with Gasteiger partial charge in [0.25, 0.3) is 5.91 Å². The first-order chi connectivity index (χ1) is 16.2. The average Bonchev–Trinajstić information content (AvgIpc) is 3.64. The third-order valence-corrected chi connectivity index (χ3v) is 5.55. The molecule has 0 unspecified atom stereocenters. The molecule has 0 N–H and O–H groups in total. The van der Waals surface area contributed by atoms with E-state index in [4.69, 9.17) is 23.7 Å². The van der Waals surface area contributed by atoms with E-state index in [-0.39, 0.29) is 18.5 Å². The van der Waals surface area contributed by atoms with Gasteiger partial charge in [-0.2, -0.15) is 0 Å². The minimum atomic E-state index is -0.711. The highest BCUT2D eigenvalue weighted by Gasteiger charge is 2.39. The Hall–Kier alpha value is -2.52. The molecule has 1 aromatic rings. The van der Waals surface area contributed by atoms with E-state index >= 15 is 0 Å². The number of carbonyl (C=O) groups excluding carboxylic acids is 2. The molecule has 0 spiro atoms. The Morgan fingerprint density at radius 2 is 1.85 bits per heavy atom. The molecule has 1 saturated carbocycles. The minimum Gasteiger partial charge on any atom is -0.497 e. The van der Waals surface area contributed by atoms with Crippen LogP contribution in [0.15, 0.2) is 18.2 Å². The number of methoxy groups -OCH3 is 2.